The van der Waals surface area contributed by atoms with Crippen LogP contribution in [0.2, 0.25) is 0 Å². The van der Waals surface area contributed by atoms with Crippen LogP contribution in [-0.4, -0.2) is 34.5 Å². The number of pyridine rings is 3. The van der Waals surface area contributed by atoms with Gasteiger partial charge < -0.3 is 10.3 Å². The summed E-state index contributed by atoms with van der Waals surface area (Å²) in [6.45, 7) is 0.607. The van der Waals surface area contributed by atoms with Crippen molar-refractivity contribution in [2.75, 3.05) is 5.73 Å². The van der Waals surface area contributed by atoms with Gasteiger partial charge in [-0.2, -0.15) is 0 Å². The van der Waals surface area contributed by atoms with Gasteiger partial charge >= 0.3 is 0 Å². The van der Waals surface area contributed by atoms with Gasteiger partial charge in [0, 0.05) is 18.0 Å². The topological polar surface area (TPSA) is 108 Å². The van der Waals surface area contributed by atoms with Crippen LogP contribution in [-0.2, 0) is 6.54 Å². The molecule has 0 aliphatic carbocycles. The number of nitrogens with zero attached hydrogens (tertiary/aromatic N) is 7. The molecule has 7 rings (SSSR count). The minimum atomic E-state index is 0.362. The molecule has 0 radical (unpaired) electrons. The number of rotatable bonds is 6. The minimum absolute atomic E-state index is 0.362. The SMILES string of the molecule is Nc1ncnc2c1nc(-c1ccc(-c3cc(-c4ccccn4)nc(-c4ccccn4)c3)cc1)n2Cc1ccccc1. The van der Waals surface area contributed by atoms with Crippen molar-refractivity contribution in [1.82, 2.24) is 34.5 Å². The number of fused-ring (bicyclic) bond motifs is 1. The van der Waals surface area contributed by atoms with Crippen LogP contribution in [0.15, 0.2) is 122 Å². The quantitative estimate of drug-likeness (QED) is 0.267. The molecule has 0 atom stereocenters. The molecule has 5 aromatic heterocycles. The zero-order valence-corrected chi connectivity index (χ0v) is 22.0. The van der Waals surface area contributed by atoms with Crippen LogP contribution < -0.4 is 5.73 Å². The molecule has 0 saturated heterocycles. The highest BCUT2D eigenvalue weighted by molar-refractivity contribution is 5.85. The van der Waals surface area contributed by atoms with Crippen molar-refractivity contribution >= 4 is 17.0 Å². The fourth-order valence-electron chi connectivity index (χ4n) is 4.89. The zero-order chi connectivity index (χ0) is 27.6. The summed E-state index contributed by atoms with van der Waals surface area (Å²) in [4.78, 5) is 27.5. The maximum atomic E-state index is 6.19. The Labute approximate surface area is 236 Å². The molecule has 0 saturated carbocycles. The molecule has 41 heavy (non-hydrogen) atoms. The summed E-state index contributed by atoms with van der Waals surface area (Å²) in [6.07, 6.45) is 5.03. The Bertz CT molecular complexity index is 1900. The van der Waals surface area contributed by atoms with Crippen molar-refractivity contribution in [2.45, 2.75) is 6.54 Å². The number of imidazole rings is 1. The molecule has 7 aromatic rings. The molecule has 8 nitrogen and oxygen atoms in total. The van der Waals surface area contributed by atoms with Crippen LogP contribution in [0.4, 0.5) is 5.82 Å². The van der Waals surface area contributed by atoms with Gasteiger partial charge in [0.2, 0.25) is 0 Å². The minimum Gasteiger partial charge on any atom is -0.382 e. The largest absolute Gasteiger partial charge is 0.382 e. The Hall–Kier alpha value is -5.76. The number of aromatic nitrogens is 7. The number of benzene rings is 2. The van der Waals surface area contributed by atoms with Gasteiger partial charge in [-0.3, -0.25) is 9.97 Å². The molecule has 0 aliphatic heterocycles. The summed E-state index contributed by atoms with van der Waals surface area (Å²) < 4.78 is 2.09. The lowest BCUT2D eigenvalue weighted by Crippen LogP contribution is -2.03. The van der Waals surface area contributed by atoms with Crippen LogP contribution in [0.1, 0.15) is 5.56 Å². The van der Waals surface area contributed by atoms with Crippen molar-refractivity contribution in [3.05, 3.63) is 127 Å². The van der Waals surface area contributed by atoms with Crippen LogP contribution in [0.5, 0.6) is 0 Å². The van der Waals surface area contributed by atoms with Gasteiger partial charge in [0.25, 0.3) is 0 Å². The fourth-order valence-corrected chi connectivity index (χ4v) is 4.89. The van der Waals surface area contributed by atoms with Gasteiger partial charge in [0.1, 0.15) is 12.2 Å². The lowest BCUT2D eigenvalue weighted by Gasteiger charge is -2.11. The lowest BCUT2D eigenvalue weighted by atomic mass is 10.0. The van der Waals surface area contributed by atoms with Gasteiger partial charge in [0.05, 0.1) is 29.3 Å². The van der Waals surface area contributed by atoms with E-state index in [0.717, 1.165) is 50.9 Å². The summed E-state index contributed by atoms with van der Waals surface area (Å²) in [7, 11) is 0. The molecule has 2 aromatic carbocycles. The second kappa shape index (κ2) is 10.4. The second-order valence-corrected chi connectivity index (χ2v) is 9.57. The molecule has 2 N–H and O–H groups in total. The highest BCUT2D eigenvalue weighted by Crippen LogP contribution is 2.32. The fraction of sp³-hybridized carbons (Fsp3) is 0.0303. The standard InChI is InChI=1S/C33H24N8/c34-31-30-33(38-21-37-31)41(20-22-8-2-1-3-9-22)32(40-30)24-14-12-23(13-15-24)25-18-28(26-10-4-6-16-35-26)39-29(19-25)27-11-5-7-17-36-27/h1-19,21H,20H2,(H2,34,37,38). The highest BCUT2D eigenvalue weighted by atomic mass is 15.2. The van der Waals surface area contributed by atoms with Crippen molar-refractivity contribution in [3.8, 4) is 45.3 Å². The number of nitrogens with two attached hydrogens (primary N) is 1. The third-order valence-electron chi connectivity index (χ3n) is 6.90. The predicted octanol–water partition coefficient (Wildman–Crippen LogP) is 6.31. The Balaban J connectivity index is 1.32. The van der Waals surface area contributed by atoms with Gasteiger partial charge in [-0.15, -0.1) is 0 Å². The average molecular weight is 533 g/mol. The van der Waals surface area contributed by atoms with E-state index in [-0.39, 0.29) is 0 Å². The molecule has 0 unspecified atom stereocenters. The highest BCUT2D eigenvalue weighted by Gasteiger charge is 2.17. The van der Waals surface area contributed by atoms with Gasteiger partial charge in [-0.1, -0.05) is 66.7 Å². The maximum absolute atomic E-state index is 6.19. The number of hydrogen-bond acceptors (Lipinski definition) is 7. The first-order chi connectivity index (χ1) is 20.2. The number of anilines is 1. The molecule has 0 spiro atoms. The predicted molar refractivity (Wildman–Crippen MR) is 160 cm³/mol. The van der Waals surface area contributed by atoms with E-state index in [1.165, 1.54) is 6.33 Å². The first kappa shape index (κ1) is 24.3. The maximum Gasteiger partial charge on any atom is 0.166 e. The normalized spacial score (nSPS) is 11.1. The molecule has 0 aliphatic rings. The Morgan fingerprint density at radius 3 is 1.83 bits per heavy atom. The molecular formula is C33H24N8. The Kier molecular flexibility index (Phi) is 6.18. The van der Waals surface area contributed by atoms with Crippen LogP contribution in [0.3, 0.4) is 0 Å². The van der Waals surface area contributed by atoms with Crippen LogP contribution >= 0.6 is 0 Å². The Morgan fingerprint density at radius 2 is 1.20 bits per heavy atom. The number of nitrogen functional groups attached to an aromatic ring is 1. The Morgan fingerprint density at radius 1 is 0.561 bits per heavy atom. The molecule has 0 amide bonds. The van der Waals surface area contributed by atoms with E-state index in [4.69, 9.17) is 15.7 Å². The molecule has 0 bridgehead atoms. The van der Waals surface area contributed by atoms with Crippen molar-refractivity contribution in [2.24, 2.45) is 0 Å². The monoisotopic (exact) mass is 532 g/mol. The second-order valence-electron chi connectivity index (χ2n) is 9.57. The van der Waals surface area contributed by atoms with Crippen LogP contribution in [0, 0.1) is 0 Å². The molecule has 196 valence electrons. The first-order valence-corrected chi connectivity index (χ1v) is 13.2. The molecule has 5 heterocycles. The first-order valence-electron chi connectivity index (χ1n) is 13.2. The van der Waals surface area contributed by atoms with Crippen LogP contribution in [0.25, 0.3) is 56.5 Å². The van der Waals surface area contributed by atoms with E-state index in [0.29, 0.717) is 23.5 Å². The third-order valence-corrected chi connectivity index (χ3v) is 6.90. The summed E-state index contributed by atoms with van der Waals surface area (Å²) in [5.74, 6) is 1.14. The zero-order valence-electron chi connectivity index (χ0n) is 22.0. The van der Waals surface area contributed by atoms with E-state index in [2.05, 4.69) is 73.0 Å². The average Bonchev–Trinajstić information content (AvgIpc) is 3.41. The van der Waals surface area contributed by atoms with Crippen molar-refractivity contribution in [3.63, 3.8) is 0 Å². The molecule has 8 heteroatoms. The lowest BCUT2D eigenvalue weighted by molar-refractivity contribution is 0.823. The summed E-state index contributed by atoms with van der Waals surface area (Å²) >= 11 is 0. The van der Waals surface area contributed by atoms with Gasteiger partial charge in [0.15, 0.2) is 17.0 Å². The van der Waals surface area contributed by atoms with E-state index in [9.17, 15) is 0 Å². The molecular weight excluding hydrogens is 508 g/mol. The van der Waals surface area contributed by atoms with Gasteiger partial charge in [-0.25, -0.2) is 19.9 Å². The van der Waals surface area contributed by atoms with E-state index in [1.807, 2.05) is 54.6 Å². The summed E-state index contributed by atoms with van der Waals surface area (Å²) in [5, 5.41) is 0. The summed E-state index contributed by atoms with van der Waals surface area (Å²) in [5.41, 5.74) is 14.8. The van der Waals surface area contributed by atoms with Gasteiger partial charge in [-0.05, 0) is 53.1 Å². The summed E-state index contributed by atoms with van der Waals surface area (Å²) in [6, 6.07) is 34.3. The van der Waals surface area contributed by atoms with Crippen molar-refractivity contribution < 1.29 is 0 Å². The smallest absolute Gasteiger partial charge is 0.166 e. The van der Waals surface area contributed by atoms with E-state index < -0.39 is 0 Å². The third kappa shape index (κ3) is 4.79. The van der Waals surface area contributed by atoms with Crippen molar-refractivity contribution in [1.29, 1.82) is 0 Å². The molecule has 0 fully saturated rings. The van der Waals surface area contributed by atoms with E-state index >= 15 is 0 Å². The number of hydrogen-bond donors (Lipinski definition) is 1. The van der Waals surface area contributed by atoms with E-state index in [1.54, 1.807) is 12.4 Å².